The number of carbonyl (C=O) groups is 1. The van der Waals surface area contributed by atoms with Crippen LogP contribution in [-0.2, 0) is 6.42 Å². The molecule has 1 N–H and O–H groups in total. The Labute approximate surface area is 159 Å². The van der Waals surface area contributed by atoms with E-state index in [0.29, 0.717) is 11.5 Å². The Morgan fingerprint density at radius 1 is 1.11 bits per heavy atom. The Hall–Kier alpha value is -3.01. The maximum absolute atomic E-state index is 12.9. The van der Waals surface area contributed by atoms with E-state index in [-0.39, 0.29) is 5.91 Å². The van der Waals surface area contributed by atoms with Crippen LogP contribution in [0.1, 0.15) is 53.7 Å². The summed E-state index contributed by atoms with van der Waals surface area (Å²) in [6.45, 7) is 2.06. The van der Waals surface area contributed by atoms with Crippen molar-refractivity contribution < 1.29 is 4.79 Å². The lowest BCUT2D eigenvalue weighted by Gasteiger charge is -2.09. The minimum Gasteiger partial charge on any atom is -0.267 e. The summed E-state index contributed by atoms with van der Waals surface area (Å²) in [5, 5.41) is 5.28. The quantitative estimate of drug-likeness (QED) is 0.506. The third-order valence-electron chi connectivity index (χ3n) is 4.95. The smallest absolute Gasteiger partial charge is 0.267 e. The molecule has 1 heterocycles. The van der Waals surface area contributed by atoms with Crippen molar-refractivity contribution in [1.82, 2.24) is 10.4 Å². The van der Waals surface area contributed by atoms with Crippen LogP contribution < -0.4 is 5.43 Å². The number of hydrogen-bond acceptors (Lipinski definition) is 3. The van der Waals surface area contributed by atoms with Crippen molar-refractivity contribution in [3.63, 3.8) is 0 Å². The van der Waals surface area contributed by atoms with E-state index in [4.69, 9.17) is 4.98 Å². The number of nitrogens with zero attached hydrogens (tertiary/aromatic N) is 2. The van der Waals surface area contributed by atoms with Crippen molar-refractivity contribution in [2.24, 2.45) is 5.10 Å². The molecule has 0 unspecified atom stereocenters. The van der Waals surface area contributed by atoms with E-state index in [1.165, 1.54) is 5.56 Å². The van der Waals surface area contributed by atoms with Gasteiger partial charge >= 0.3 is 0 Å². The minimum absolute atomic E-state index is 0.172. The number of para-hydroxylation sites is 1. The van der Waals surface area contributed by atoms with Crippen LogP contribution >= 0.6 is 0 Å². The molecule has 4 nitrogen and oxygen atoms in total. The van der Waals surface area contributed by atoms with Gasteiger partial charge in [0.2, 0.25) is 0 Å². The third-order valence-corrected chi connectivity index (χ3v) is 4.95. The highest BCUT2D eigenvalue weighted by atomic mass is 16.2. The van der Waals surface area contributed by atoms with Crippen LogP contribution in [0, 0.1) is 0 Å². The van der Waals surface area contributed by atoms with Crippen molar-refractivity contribution in [3.8, 4) is 0 Å². The number of pyridine rings is 1. The number of aromatic nitrogens is 1. The van der Waals surface area contributed by atoms with Crippen molar-refractivity contribution in [2.45, 2.75) is 38.5 Å². The zero-order chi connectivity index (χ0) is 18.6. The molecule has 4 rings (SSSR count). The summed E-state index contributed by atoms with van der Waals surface area (Å²) in [4.78, 5) is 17.6. The first kappa shape index (κ1) is 17.4. The van der Waals surface area contributed by atoms with Gasteiger partial charge in [-0.1, -0.05) is 55.5 Å². The number of hydrogen-bond donors (Lipinski definition) is 1. The van der Waals surface area contributed by atoms with Crippen LogP contribution in [-0.4, -0.2) is 16.6 Å². The third kappa shape index (κ3) is 4.05. The SMILES string of the molecule is CC/C(Cc1ccccc1)=N/NC(=O)c1cc(C2CC2)nc2ccccc12. The Kier molecular flexibility index (Phi) is 4.97. The molecule has 0 aliphatic heterocycles. The van der Waals surface area contributed by atoms with Crippen molar-refractivity contribution >= 4 is 22.5 Å². The first-order valence-corrected chi connectivity index (χ1v) is 9.54. The predicted octanol–water partition coefficient (Wildman–Crippen LogP) is 4.85. The van der Waals surface area contributed by atoms with Crippen LogP contribution in [0.5, 0.6) is 0 Å². The van der Waals surface area contributed by atoms with E-state index >= 15 is 0 Å². The second-order valence-electron chi connectivity index (χ2n) is 7.02. The summed E-state index contributed by atoms with van der Waals surface area (Å²) in [7, 11) is 0. The van der Waals surface area contributed by atoms with Gasteiger partial charge in [0.1, 0.15) is 0 Å². The van der Waals surface area contributed by atoms with Crippen LogP contribution in [0.3, 0.4) is 0 Å². The molecule has 2 aromatic carbocycles. The molecule has 136 valence electrons. The lowest BCUT2D eigenvalue weighted by Crippen LogP contribution is -2.21. The second kappa shape index (κ2) is 7.70. The molecule has 3 aromatic rings. The van der Waals surface area contributed by atoms with Gasteiger partial charge in [-0.15, -0.1) is 0 Å². The van der Waals surface area contributed by atoms with Crippen LogP contribution in [0.4, 0.5) is 0 Å². The van der Waals surface area contributed by atoms with Crippen LogP contribution in [0.25, 0.3) is 10.9 Å². The number of benzene rings is 2. The molecular weight excluding hydrogens is 334 g/mol. The summed E-state index contributed by atoms with van der Waals surface area (Å²) in [6.07, 6.45) is 3.84. The molecule has 0 saturated heterocycles. The van der Waals surface area contributed by atoms with E-state index in [1.54, 1.807) is 0 Å². The van der Waals surface area contributed by atoms with E-state index in [1.807, 2.05) is 48.5 Å². The Morgan fingerprint density at radius 2 is 1.85 bits per heavy atom. The normalized spacial score (nSPS) is 14.3. The molecule has 1 amide bonds. The topological polar surface area (TPSA) is 54.4 Å². The van der Waals surface area contributed by atoms with Gasteiger partial charge in [-0.2, -0.15) is 5.10 Å². The van der Waals surface area contributed by atoms with E-state index in [9.17, 15) is 4.79 Å². The molecule has 1 aliphatic rings. The van der Waals surface area contributed by atoms with Crippen LogP contribution in [0.15, 0.2) is 65.8 Å². The molecular formula is C23H23N3O. The highest BCUT2D eigenvalue weighted by molar-refractivity contribution is 6.06. The van der Waals surface area contributed by atoms with Gasteiger partial charge in [0, 0.05) is 29.1 Å². The molecule has 1 fully saturated rings. The zero-order valence-electron chi connectivity index (χ0n) is 15.5. The summed E-state index contributed by atoms with van der Waals surface area (Å²) in [6, 6.07) is 19.9. The molecule has 27 heavy (non-hydrogen) atoms. The summed E-state index contributed by atoms with van der Waals surface area (Å²) < 4.78 is 0. The second-order valence-corrected chi connectivity index (χ2v) is 7.02. The van der Waals surface area contributed by atoms with Crippen molar-refractivity contribution in [2.75, 3.05) is 0 Å². The average Bonchev–Trinajstić information content (AvgIpc) is 3.56. The zero-order valence-corrected chi connectivity index (χ0v) is 15.5. The van der Waals surface area contributed by atoms with E-state index in [0.717, 1.165) is 48.0 Å². The van der Waals surface area contributed by atoms with Gasteiger partial charge in [-0.25, -0.2) is 5.43 Å². The number of hydrazone groups is 1. The molecule has 0 spiro atoms. The van der Waals surface area contributed by atoms with Gasteiger partial charge in [-0.05, 0) is 37.0 Å². The van der Waals surface area contributed by atoms with Gasteiger partial charge in [0.15, 0.2) is 0 Å². The molecule has 1 aromatic heterocycles. The van der Waals surface area contributed by atoms with Gasteiger partial charge in [0.25, 0.3) is 5.91 Å². The predicted molar refractivity (Wildman–Crippen MR) is 109 cm³/mol. The van der Waals surface area contributed by atoms with E-state index < -0.39 is 0 Å². The monoisotopic (exact) mass is 357 g/mol. The number of amides is 1. The largest absolute Gasteiger partial charge is 0.272 e. The Balaban J connectivity index is 1.58. The number of carbonyl (C=O) groups excluding carboxylic acids is 1. The summed E-state index contributed by atoms with van der Waals surface area (Å²) >= 11 is 0. The Bertz CT molecular complexity index is 991. The summed E-state index contributed by atoms with van der Waals surface area (Å²) in [5.41, 5.74) is 7.46. The first-order chi connectivity index (χ1) is 13.2. The highest BCUT2D eigenvalue weighted by Gasteiger charge is 2.26. The lowest BCUT2D eigenvalue weighted by molar-refractivity contribution is 0.0956. The van der Waals surface area contributed by atoms with Crippen molar-refractivity contribution in [3.05, 3.63) is 77.5 Å². The van der Waals surface area contributed by atoms with Crippen LogP contribution in [0.2, 0.25) is 0 Å². The standard InChI is InChI=1S/C23H23N3O/c1-2-18(14-16-8-4-3-5-9-16)25-26-23(27)20-15-22(17-12-13-17)24-21-11-7-6-10-19(20)21/h3-11,15,17H,2,12-14H2,1H3,(H,26,27)/b25-18-. The Morgan fingerprint density at radius 3 is 2.59 bits per heavy atom. The summed E-state index contributed by atoms with van der Waals surface area (Å²) in [5.74, 6) is 0.323. The fourth-order valence-corrected chi connectivity index (χ4v) is 3.24. The molecule has 0 radical (unpaired) electrons. The number of rotatable bonds is 6. The lowest BCUT2D eigenvalue weighted by atomic mass is 10.1. The van der Waals surface area contributed by atoms with Gasteiger partial charge in [0.05, 0.1) is 11.1 Å². The number of nitrogens with one attached hydrogen (secondary N) is 1. The van der Waals surface area contributed by atoms with Crippen molar-refractivity contribution in [1.29, 1.82) is 0 Å². The molecule has 4 heteroatoms. The van der Waals surface area contributed by atoms with Gasteiger partial charge < -0.3 is 0 Å². The fourth-order valence-electron chi connectivity index (χ4n) is 3.24. The average molecular weight is 357 g/mol. The molecule has 0 atom stereocenters. The van der Waals surface area contributed by atoms with Gasteiger partial charge in [-0.3, -0.25) is 9.78 Å². The first-order valence-electron chi connectivity index (χ1n) is 9.54. The maximum atomic E-state index is 12.9. The van der Waals surface area contributed by atoms with E-state index in [2.05, 4.69) is 29.6 Å². The fraction of sp³-hybridized carbons (Fsp3) is 0.261. The molecule has 1 aliphatic carbocycles. The molecule has 0 bridgehead atoms. The number of fused-ring (bicyclic) bond motifs is 1. The molecule has 1 saturated carbocycles. The minimum atomic E-state index is -0.172. The highest BCUT2D eigenvalue weighted by Crippen LogP contribution is 2.40. The maximum Gasteiger partial charge on any atom is 0.272 e.